The molecular formula is C17H15BrN2O2. The SMILES string of the molecule is COc1cc2cnnc(Cc3cccc(Br)c3)c2cc1OC. The Bertz CT molecular complexity index is 821. The first-order valence-electron chi connectivity index (χ1n) is 6.82. The van der Waals surface area contributed by atoms with Crippen molar-refractivity contribution in [1.29, 1.82) is 0 Å². The zero-order valence-electron chi connectivity index (χ0n) is 12.3. The van der Waals surface area contributed by atoms with E-state index in [0.29, 0.717) is 17.9 Å². The molecule has 22 heavy (non-hydrogen) atoms. The second-order valence-corrected chi connectivity index (χ2v) is 5.81. The van der Waals surface area contributed by atoms with Crippen molar-refractivity contribution in [3.8, 4) is 11.5 Å². The van der Waals surface area contributed by atoms with Gasteiger partial charge < -0.3 is 9.47 Å². The molecule has 0 radical (unpaired) electrons. The normalized spacial score (nSPS) is 10.7. The van der Waals surface area contributed by atoms with E-state index in [1.807, 2.05) is 24.3 Å². The van der Waals surface area contributed by atoms with Crippen LogP contribution in [-0.4, -0.2) is 24.4 Å². The van der Waals surface area contributed by atoms with Crippen LogP contribution in [0.1, 0.15) is 11.3 Å². The molecule has 0 saturated carbocycles. The van der Waals surface area contributed by atoms with Gasteiger partial charge in [-0.3, -0.25) is 0 Å². The van der Waals surface area contributed by atoms with Crippen LogP contribution in [0.2, 0.25) is 0 Å². The zero-order valence-corrected chi connectivity index (χ0v) is 13.9. The predicted molar refractivity (Wildman–Crippen MR) is 89.6 cm³/mol. The maximum atomic E-state index is 5.39. The molecule has 5 heteroatoms. The Morgan fingerprint density at radius 1 is 1.05 bits per heavy atom. The van der Waals surface area contributed by atoms with Crippen molar-refractivity contribution < 1.29 is 9.47 Å². The molecule has 0 atom stereocenters. The lowest BCUT2D eigenvalue weighted by Gasteiger charge is -2.11. The van der Waals surface area contributed by atoms with Crippen molar-refractivity contribution in [3.63, 3.8) is 0 Å². The van der Waals surface area contributed by atoms with E-state index >= 15 is 0 Å². The zero-order chi connectivity index (χ0) is 15.5. The van der Waals surface area contributed by atoms with Crippen LogP contribution in [0.3, 0.4) is 0 Å². The minimum absolute atomic E-state index is 0.691. The van der Waals surface area contributed by atoms with E-state index in [2.05, 4.69) is 38.3 Å². The molecule has 0 aliphatic rings. The predicted octanol–water partition coefficient (Wildman–Crippen LogP) is 4.00. The second kappa shape index (κ2) is 6.32. The molecule has 3 rings (SSSR count). The molecule has 0 bridgehead atoms. The Hall–Kier alpha value is -2.14. The van der Waals surface area contributed by atoms with E-state index in [1.165, 1.54) is 5.56 Å². The summed E-state index contributed by atoms with van der Waals surface area (Å²) in [6.07, 6.45) is 2.45. The third-order valence-electron chi connectivity index (χ3n) is 3.50. The number of rotatable bonds is 4. The maximum absolute atomic E-state index is 5.39. The fraction of sp³-hybridized carbons (Fsp3) is 0.176. The van der Waals surface area contributed by atoms with Crippen LogP contribution >= 0.6 is 15.9 Å². The maximum Gasteiger partial charge on any atom is 0.161 e. The highest BCUT2D eigenvalue weighted by molar-refractivity contribution is 9.10. The molecule has 0 aliphatic heterocycles. The average Bonchev–Trinajstić information content (AvgIpc) is 2.54. The first kappa shape index (κ1) is 14.8. The first-order chi connectivity index (χ1) is 10.7. The van der Waals surface area contributed by atoms with Crippen LogP contribution in [0.25, 0.3) is 10.8 Å². The lowest BCUT2D eigenvalue weighted by atomic mass is 10.0. The van der Waals surface area contributed by atoms with Gasteiger partial charge in [-0.25, -0.2) is 0 Å². The van der Waals surface area contributed by atoms with Gasteiger partial charge in [-0.05, 0) is 29.8 Å². The smallest absolute Gasteiger partial charge is 0.161 e. The number of fused-ring (bicyclic) bond motifs is 1. The highest BCUT2D eigenvalue weighted by Crippen LogP contribution is 2.33. The largest absolute Gasteiger partial charge is 0.493 e. The summed E-state index contributed by atoms with van der Waals surface area (Å²) in [7, 11) is 3.26. The standard InChI is InChI=1S/C17H15BrN2O2/c1-21-16-8-12-10-19-20-15(14(12)9-17(16)22-2)7-11-4-3-5-13(18)6-11/h3-6,8-10H,7H2,1-2H3. The lowest BCUT2D eigenvalue weighted by Crippen LogP contribution is -1.98. The summed E-state index contributed by atoms with van der Waals surface area (Å²) in [4.78, 5) is 0. The number of halogens is 1. The molecule has 0 aliphatic carbocycles. The second-order valence-electron chi connectivity index (χ2n) is 4.89. The highest BCUT2D eigenvalue weighted by Gasteiger charge is 2.11. The van der Waals surface area contributed by atoms with Crippen LogP contribution in [0.4, 0.5) is 0 Å². The van der Waals surface area contributed by atoms with E-state index in [9.17, 15) is 0 Å². The minimum atomic E-state index is 0.691. The van der Waals surface area contributed by atoms with Crippen LogP contribution in [0.5, 0.6) is 11.5 Å². The minimum Gasteiger partial charge on any atom is -0.493 e. The highest BCUT2D eigenvalue weighted by atomic mass is 79.9. The lowest BCUT2D eigenvalue weighted by molar-refractivity contribution is 0.356. The van der Waals surface area contributed by atoms with Gasteiger partial charge in [0.25, 0.3) is 0 Å². The van der Waals surface area contributed by atoms with E-state index in [1.54, 1.807) is 20.4 Å². The van der Waals surface area contributed by atoms with Crippen LogP contribution in [0.15, 0.2) is 47.1 Å². The molecule has 1 aromatic heterocycles. The fourth-order valence-electron chi connectivity index (χ4n) is 2.44. The summed E-state index contributed by atoms with van der Waals surface area (Å²) in [6.45, 7) is 0. The van der Waals surface area contributed by atoms with Gasteiger partial charge in [0.05, 0.1) is 26.1 Å². The van der Waals surface area contributed by atoms with Gasteiger partial charge in [0.1, 0.15) is 0 Å². The number of methoxy groups -OCH3 is 2. The molecule has 0 saturated heterocycles. The Morgan fingerprint density at radius 2 is 1.82 bits per heavy atom. The summed E-state index contributed by atoms with van der Waals surface area (Å²) in [5.74, 6) is 1.38. The summed E-state index contributed by atoms with van der Waals surface area (Å²) in [6, 6.07) is 12.1. The van der Waals surface area contributed by atoms with E-state index in [0.717, 1.165) is 20.9 Å². The average molecular weight is 359 g/mol. The van der Waals surface area contributed by atoms with Gasteiger partial charge in [0.2, 0.25) is 0 Å². The van der Waals surface area contributed by atoms with Gasteiger partial charge in [0.15, 0.2) is 11.5 Å². The molecule has 0 unspecified atom stereocenters. The van der Waals surface area contributed by atoms with Gasteiger partial charge in [0, 0.05) is 21.7 Å². The molecule has 0 N–H and O–H groups in total. The van der Waals surface area contributed by atoms with Crippen molar-refractivity contribution in [2.24, 2.45) is 0 Å². The van der Waals surface area contributed by atoms with Crippen LogP contribution in [-0.2, 0) is 6.42 Å². The van der Waals surface area contributed by atoms with Crippen molar-refractivity contribution in [3.05, 3.63) is 58.3 Å². The van der Waals surface area contributed by atoms with E-state index in [-0.39, 0.29) is 0 Å². The van der Waals surface area contributed by atoms with Crippen LogP contribution < -0.4 is 9.47 Å². The summed E-state index contributed by atoms with van der Waals surface area (Å²) < 4.78 is 11.8. The van der Waals surface area contributed by atoms with Crippen LogP contribution in [0, 0.1) is 0 Å². The monoisotopic (exact) mass is 358 g/mol. The first-order valence-corrected chi connectivity index (χ1v) is 7.61. The quantitative estimate of drug-likeness (QED) is 0.706. The molecule has 2 aromatic carbocycles. The van der Waals surface area contributed by atoms with Gasteiger partial charge in [-0.2, -0.15) is 10.2 Å². The fourth-order valence-corrected chi connectivity index (χ4v) is 2.88. The van der Waals surface area contributed by atoms with E-state index in [4.69, 9.17) is 9.47 Å². The van der Waals surface area contributed by atoms with Gasteiger partial charge in [-0.15, -0.1) is 0 Å². The number of nitrogens with zero attached hydrogens (tertiary/aromatic N) is 2. The molecule has 0 fully saturated rings. The molecule has 0 spiro atoms. The number of benzene rings is 2. The Kier molecular flexibility index (Phi) is 4.24. The molecule has 3 aromatic rings. The van der Waals surface area contributed by atoms with Crippen molar-refractivity contribution in [2.45, 2.75) is 6.42 Å². The van der Waals surface area contributed by atoms with Gasteiger partial charge in [-0.1, -0.05) is 28.1 Å². The Labute approximate surface area is 137 Å². The van der Waals surface area contributed by atoms with E-state index < -0.39 is 0 Å². The molecule has 112 valence electrons. The number of aromatic nitrogens is 2. The molecule has 0 amide bonds. The molecular weight excluding hydrogens is 344 g/mol. The molecule has 4 nitrogen and oxygen atoms in total. The van der Waals surface area contributed by atoms with Crippen molar-refractivity contribution in [2.75, 3.05) is 14.2 Å². The number of hydrogen-bond acceptors (Lipinski definition) is 4. The Balaban J connectivity index is 2.09. The summed E-state index contributed by atoms with van der Waals surface area (Å²) in [5.41, 5.74) is 2.09. The van der Waals surface area contributed by atoms with Gasteiger partial charge >= 0.3 is 0 Å². The summed E-state index contributed by atoms with van der Waals surface area (Å²) >= 11 is 3.49. The summed E-state index contributed by atoms with van der Waals surface area (Å²) in [5, 5.41) is 10.4. The van der Waals surface area contributed by atoms with Crippen molar-refractivity contribution in [1.82, 2.24) is 10.2 Å². The Morgan fingerprint density at radius 3 is 2.55 bits per heavy atom. The third-order valence-corrected chi connectivity index (χ3v) is 4.00. The number of ether oxygens (including phenoxy) is 2. The number of hydrogen-bond donors (Lipinski definition) is 0. The van der Waals surface area contributed by atoms with Crippen molar-refractivity contribution >= 4 is 26.7 Å². The third kappa shape index (κ3) is 2.90. The topological polar surface area (TPSA) is 44.2 Å². The molecule has 1 heterocycles.